The number of hydrogen-bond acceptors (Lipinski definition) is 6. The number of carbonyl (C=O) groups is 1. The van der Waals surface area contributed by atoms with E-state index in [1.54, 1.807) is 31.2 Å². The number of nitro benzene ring substituents is 1. The number of aromatic nitrogens is 2. The van der Waals surface area contributed by atoms with Crippen molar-refractivity contribution in [1.82, 2.24) is 10.2 Å². The van der Waals surface area contributed by atoms with Gasteiger partial charge in [0.15, 0.2) is 11.5 Å². The number of rotatable bonds is 6. The smallest absolute Gasteiger partial charge is 0.293 e. The molecule has 3 aromatic rings. The van der Waals surface area contributed by atoms with Gasteiger partial charge < -0.3 is 10.2 Å². The van der Waals surface area contributed by atoms with Crippen molar-refractivity contribution < 1.29 is 9.72 Å². The summed E-state index contributed by atoms with van der Waals surface area (Å²) < 4.78 is 0. The first-order chi connectivity index (χ1) is 15.5. The molecule has 1 aliphatic rings. The molecule has 1 N–H and O–H groups in total. The highest BCUT2D eigenvalue weighted by Crippen LogP contribution is 2.28. The molecule has 1 aliphatic heterocycles. The van der Waals surface area contributed by atoms with E-state index in [4.69, 9.17) is 0 Å². The molecule has 164 valence electrons. The van der Waals surface area contributed by atoms with Crippen molar-refractivity contribution in [3.63, 3.8) is 0 Å². The van der Waals surface area contributed by atoms with Crippen molar-refractivity contribution in [2.24, 2.45) is 5.92 Å². The zero-order valence-corrected chi connectivity index (χ0v) is 17.9. The molecule has 1 fully saturated rings. The lowest BCUT2D eigenvalue weighted by atomic mass is 9.90. The quantitative estimate of drug-likeness (QED) is 0.458. The Morgan fingerprint density at radius 2 is 1.81 bits per heavy atom. The Morgan fingerprint density at radius 1 is 1.06 bits per heavy atom. The number of benzene rings is 2. The number of para-hydroxylation sites is 1. The van der Waals surface area contributed by atoms with E-state index in [-0.39, 0.29) is 17.1 Å². The van der Waals surface area contributed by atoms with Gasteiger partial charge in [-0.2, -0.15) is 0 Å². The van der Waals surface area contributed by atoms with Gasteiger partial charge in [-0.25, -0.2) is 0 Å². The van der Waals surface area contributed by atoms with Crippen LogP contribution in [0, 0.1) is 23.0 Å². The number of hydrogen-bond donors (Lipinski definition) is 1. The third-order valence-electron chi connectivity index (χ3n) is 5.87. The number of nitro groups is 1. The van der Waals surface area contributed by atoms with Gasteiger partial charge in [0.1, 0.15) is 5.69 Å². The Morgan fingerprint density at radius 3 is 2.47 bits per heavy atom. The Hall–Kier alpha value is -3.81. The van der Waals surface area contributed by atoms with Gasteiger partial charge in [0.05, 0.1) is 4.92 Å². The molecule has 2 heterocycles. The van der Waals surface area contributed by atoms with Gasteiger partial charge in [-0.1, -0.05) is 42.5 Å². The zero-order valence-electron chi connectivity index (χ0n) is 17.9. The molecule has 0 aliphatic carbocycles. The van der Waals surface area contributed by atoms with Crippen LogP contribution in [0.4, 0.5) is 17.2 Å². The third-order valence-corrected chi connectivity index (χ3v) is 5.87. The van der Waals surface area contributed by atoms with Crippen LogP contribution in [0.3, 0.4) is 0 Å². The fourth-order valence-corrected chi connectivity index (χ4v) is 4.07. The number of aryl methyl sites for hydroxylation is 1. The molecule has 1 aromatic heterocycles. The molecule has 0 bridgehead atoms. The first kappa shape index (κ1) is 21.4. The molecular formula is C24H25N5O3. The highest BCUT2D eigenvalue weighted by Gasteiger charge is 2.22. The van der Waals surface area contributed by atoms with E-state index >= 15 is 0 Å². The van der Waals surface area contributed by atoms with Crippen LogP contribution in [0.15, 0.2) is 60.7 Å². The van der Waals surface area contributed by atoms with Gasteiger partial charge in [0, 0.05) is 19.2 Å². The Labute approximate surface area is 186 Å². The maximum Gasteiger partial charge on any atom is 0.293 e. The lowest BCUT2D eigenvalue weighted by molar-refractivity contribution is -0.384. The van der Waals surface area contributed by atoms with E-state index in [0.29, 0.717) is 11.5 Å². The Bertz CT molecular complexity index is 1090. The fourth-order valence-electron chi connectivity index (χ4n) is 4.07. The second kappa shape index (κ2) is 9.55. The summed E-state index contributed by atoms with van der Waals surface area (Å²) in [7, 11) is 0. The fraction of sp³-hybridized carbons (Fsp3) is 0.292. The van der Waals surface area contributed by atoms with Crippen LogP contribution in [0.5, 0.6) is 0 Å². The van der Waals surface area contributed by atoms with Crippen LogP contribution in [0.2, 0.25) is 0 Å². The first-order valence-corrected chi connectivity index (χ1v) is 10.7. The van der Waals surface area contributed by atoms with Crippen LogP contribution >= 0.6 is 0 Å². The van der Waals surface area contributed by atoms with Gasteiger partial charge >= 0.3 is 0 Å². The average molecular weight is 431 g/mol. The van der Waals surface area contributed by atoms with Crippen molar-refractivity contribution in [3.8, 4) is 0 Å². The summed E-state index contributed by atoms with van der Waals surface area (Å²) in [5.41, 5.74) is 2.12. The minimum atomic E-state index is -0.525. The van der Waals surface area contributed by atoms with Crippen molar-refractivity contribution in [1.29, 1.82) is 0 Å². The largest absolute Gasteiger partial charge is 0.355 e. The zero-order chi connectivity index (χ0) is 22.5. The van der Waals surface area contributed by atoms with E-state index in [2.05, 4.69) is 44.7 Å². The standard InChI is InChI=1S/C24H25N5O3/c1-17-6-5-9-21(29(31)32)23(17)25-24(30)20-10-11-22(27-26-20)28-14-12-19(13-15-28)16-18-7-3-2-4-8-18/h2-11,19H,12-16H2,1H3,(H,25,30). The number of carbonyl (C=O) groups excluding carboxylic acids is 1. The summed E-state index contributed by atoms with van der Waals surface area (Å²) in [6.07, 6.45) is 3.25. The van der Waals surface area contributed by atoms with Crippen LogP contribution in [-0.2, 0) is 6.42 Å². The molecule has 2 aromatic carbocycles. The third kappa shape index (κ3) is 4.91. The van der Waals surface area contributed by atoms with E-state index in [1.165, 1.54) is 11.6 Å². The van der Waals surface area contributed by atoms with Gasteiger partial charge in [-0.3, -0.25) is 14.9 Å². The minimum Gasteiger partial charge on any atom is -0.355 e. The molecule has 1 amide bonds. The Balaban J connectivity index is 1.37. The maximum atomic E-state index is 12.6. The number of anilines is 2. The van der Waals surface area contributed by atoms with Crippen LogP contribution in [0.25, 0.3) is 0 Å². The Kier molecular flexibility index (Phi) is 6.39. The summed E-state index contributed by atoms with van der Waals surface area (Å²) in [5.74, 6) is 0.862. The molecular weight excluding hydrogens is 406 g/mol. The van der Waals surface area contributed by atoms with Gasteiger partial charge in [-0.05, 0) is 55.4 Å². The molecule has 32 heavy (non-hydrogen) atoms. The van der Waals surface area contributed by atoms with Crippen molar-refractivity contribution in [2.45, 2.75) is 26.2 Å². The van der Waals surface area contributed by atoms with Crippen molar-refractivity contribution >= 4 is 23.1 Å². The summed E-state index contributed by atoms with van der Waals surface area (Å²) in [5, 5.41) is 22.2. The highest BCUT2D eigenvalue weighted by atomic mass is 16.6. The van der Waals surface area contributed by atoms with Gasteiger partial charge in [-0.15, -0.1) is 10.2 Å². The van der Waals surface area contributed by atoms with Crippen LogP contribution < -0.4 is 10.2 Å². The number of piperidine rings is 1. The van der Waals surface area contributed by atoms with Crippen LogP contribution in [0.1, 0.15) is 34.5 Å². The molecule has 8 nitrogen and oxygen atoms in total. The lowest BCUT2D eigenvalue weighted by Crippen LogP contribution is -2.35. The second-order valence-electron chi connectivity index (χ2n) is 8.08. The molecule has 1 saturated heterocycles. The van der Waals surface area contributed by atoms with Crippen molar-refractivity contribution in [3.05, 3.63) is 87.6 Å². The molecule has 0 unspecified atom stereocenters. The molecule has 8 heteroatoms. The van der Waals surface area contributed by atoms with E-state index < -0.39 is 10.8 Å². The summed E-state index contributed by atoms with van der Waals surface area (Å²) in [6.45, 7) is 3.50. The first-order valence-electron chi connectivity index (χ1n) is 10.7. The summed E-state index contributed by atoms with van der Waals surface area (Å²) >= 11 is 0. The number of nitrogens with zero attached hydrogens (tertiary/aromatic N) is 4. The molecule has 4 rings (SSSR count). The van der Waals surface area contributed by atoms with E-state index in [9.17, 15) is 14.9 Å². The topological polar surface area (TPSA) is 101 Å². The number of amides is 1. The molecule has 0 atom stereocenters. The molecule has 0 radical (unpaired) electrons. The second-order valence-corrected chi connectivity index (χ2v) is 8.08. The predicted molar refractivity (Wildman–Crippen MR) is 123 cm³/mol. The SMILES string of the molecule is Cc1cccc([N+](=O)[O-])c1NC(=O)c1ccc(N2CCC(Cc3ccccc3)CC2)nn1. The lowest BCUT2D eigenvalue weighted by Gasteiger charge is -2.32. The average Bonchev–Trinajstić information content (AvgIpc) is 2.81. The van der Waals surface area contributed by atoms with Gasteiger partial charge in [0.25, 0.3) is 11.6 Å². The molecule has 0 saturated carbocycles. The highest BCUT2D eigenvalue weighted by molar-refractivity contribution is 6.04. The normalized spacial score (nSPS) is 14.2. The maximum absolute atomic E-state index is 12.6. The number of nitrogens with one attached hydrogen (secondary N) is 1. The van der Waals surface area contributed by atoms with E-state index in [1.807, 2.05) is 6.07 Å². The van der Waals surface area contributed by atoms with Crippen LogP contribution in [-0.4, -0.2) is 34.1 Å². The molecule has 0 spiro atoms. The summed E-state index contributed by atoms with van der Waals surface area (Å²) in [6, 6.07) is 18.6. The minimum absolute atomic E-state index is 0.116. The monoisotopic (exact) mass is 431 g/mol. The van der Waals surface area contributed by atoms with Crippen molar-refractivity contribution in [2.75, 3.05) is 23.3 Å². The predicted octanol–water partition coefficient (Wildman–Crippen LogP) is 4.40. The summed E-state index contributed by atoms with van der Waals surface area (Å²) in [4.78, 5) is 25.5. The van der Waals surface area contributed by atoms with E-state index in [0.717, 1.165) is 38.2 Å². The van der Waals surface area contributed by atoms with Gasteiger partial charge in [0.2, 0.25) is 0 Å².